The summed E-state index contributed by atoms with van der Waals surface area (Å²) in [6.45, 7) is 2.74. The van der Waals surface area contributed by atoms with Crippen molar-refractivity contribution < 1.29 is 15.0 Å². The smallest absolute Gasteiger partial charge is 0.256 e. The van der Waals surface area contributed by atoms with Gasteiger partial charge in [-0.3, -0.25) is 14.8 Å². The summed E-state index contributed by atoms with van der Waals surface area (Å²) in [5, 5.41) is 20.3. The molecule has 1 aromatic carbocycles. The van der Waals surface area contributed by atoms with E-state index in [4.69, 9.17) is 0 Å². The molecule has 2 atom stereocenters. The number of hydrogen-bond acceptors (Lipinski definition) is 5. The van der Waals surface area contributed by atoms with Gasteiger partial charge >= 0.3 is 0 Å². The number of aromatic nitrogens is 2. The molecule has 1 amide bonds. The standard InChI is InChI=1S/C18H23N3O3/c1-2-6-18(12-22)7-10-21(11-15(18)23)17(24)13-4-3-5-14-16(13)20-9-8-19-14/h3-5,8-9,15,22-23H,2,6-7,10-12H2,1H3/t15-,18+/m0/s1. The number of aliphatic hydroxyl groups excluding tert-OH is 2. The van der Waals surface area contributed by atoms with E-state index in [1.807, 2.05) is 13.0 Å². The number of rotatable bonds is 4. The van der Waals surface area contributed by atoms with Crippen LogP contribution in [0.2, 0.25) is 0 Å². The Morgan fingerprint density at radius 3 is 2.88 bits per heavy atom. The minimum Gasteiger partial charge on any atom is -0.396 e. The van der Waals surface area contributed by atoms with Crippen molar-refractivity contribution in [3.05, 3.63) is 36.2 Å². The van der Waals surface area contributed by atoms with Gasteiger partial charge in [-0.1, -0.05) is 19.4 Å². The Hall–Kier alpha value is -2.05. The van der Waals surface area contributed by atoms with Crippen LogP contribution in [0.5, 0.6) is 0 Å². The second-order valence-electron chi connectivity index (χ2n) is 6.52. The van der Waals surface area contributed by atoms with E-state index in [1.165, 1.54) is 0 Å². The zero-order chi connectivity index (χ0) is 17.2. The van der Waals surface area contributed by atoms with Crippen LogP contribution >= 0.6 is 0 Å². The number of amides is 1. The van der Waals surface area contributed by atoms with Crippen molar-refractivity contribution in [3.63, 3.8) is 0 Å². The van der Waals surface area contributed by atoms with Gasteiger partial charge in [0.2, 0.25) is 0 Å². The van der Waals surface area contributed by atoms with Gasteiger partial charge in [0.1, 0.15) is 5.52 Å². The Kier molecular flexibility index (Phi) is 4.78. The van der Waals surface area contributed by atoms with Crippen molar-refractivity contribution in [2.24, 2.45) is 5.41 Å². The van der Waals surface area contributed by atoms with Gasteiger partial charge in [-0.15, -0.1) is 0 Å². The van der Waals surface area contributed by atoms with Crippen molar-refractivity contribution in [1.29, 1.82) is 0 Å². The van der Waals surface area contributed by atoms with Crippen molar-refractivity contribution in [3.8, 4) is 0 Å². The molecule has 1 aliphatic heterocycles. The Balaban J connectivity index is 1.84. The van der Waals surface area contributed by atoms with Gasteiger partial charge in [-0.25, -0.2) is 0 Å². The first-order valence-electron chi connectivity index (χ1n) is 8.39. The summed E-state index contributed by atoms with van der Waals surface area (Å²) in [4.78, 5) is 23.1. The minimum absolute atomic E-state index is 0.0518. The van der Waals surface area contributed by atoms with E-state index in [0.29, 0.717) is 29.6 Å². The molecule has 2 aromatic rings. The number of hydrogen-bond donors (Lipinski definition) is 2. The number of carbonyl (C=O) groups excluding carboxylic acids is 1. The van der Waals surface area contributed by atoms with Crippen LogP contribution in [0.1, 0.15) is 36.5 Å². The Labute approximate surface area is 141 Å². The Morgan fingerprint density at radius 2 is 2.17 bits per heavy atom. The van der Waals surface area contributed by atoms with Gasteiger partial charge < -0.3 is 15.1 Å². The number of nitrogens with zero attached hydrogens (tertiary/aromatic N) is 3. The highest BCUT2D eigenvalue weighted by molar-refractivity contribution is 6.04. The fraction of sp³-hybridized carbons (Fsp3) is 0.500. The summed E-state index contributed by atoms with van der Waals surface area (Å²) in [5.41, 5.74) is 1.26. The topological polar surface area (TPSA) is 86.5 Å². The van der Waals surface area contributed by atoms with Crippen LogP contribution < -0.4 is 0 Å². The molecule has 2 heterocycles. The molecular formula is C18H23N3O3. The summed E-state index contributed by atoms with van der Waals surface area (Å²) < 4.78 is 0. The maximum Gasteiger partial charge on any atom is 0.256 e. The number of piperidine rings is 1. The largest absolute Gasteiger partial charge is 0.396 e. The lowest BCUT2D eigenvalue weighted by molar-refractivity contribution is -0.0713. The van der Waals surface area contributed by atoms with E-state index in [-0.39, 0.29) is 19.1 Å². The van der Waals surface area contributed by atoms with Crippen molar-refractivity contribution in [2.75, 3.05) is 19.7 Å². The number of carbonyl (C=O) groups is 1. The quantitative estimate of drug-likeness (QED) is 0.890. The Morgan fingerprint density at radius 1 is 1.38 bits per heavy atom. The maximum absolute atomic E-state index is 12.9. The fourth-order valence-electron chi connectivity index (χ4n) is 3.59. The number of para-hydroxylation sites is 1. The van der Waals surface area contributed by atoms with Gasteiger partial charge in [0.15, 0.2) is 0 Å². The Bertz CT molecular complexity index is 731. The minimum atomic E-state index is -0.721. The summed E-state index contributed by atoms with van der Waals surface area (Å²) in [7, 11) is 0. The van der Waals surface area contributed by atoms with Crippen LogP contribution in [0.4, 0.5) is 0 Å². The van der Waals surface area contributed by atoms with Crippen LogP contribution in [0.3, 0.4) is 0 Å². The highest BCUT2D eigenvalue weighted by Crippen LogP contribution is 2.36. The number of fused-ring (bicyclic) bond motifs is 1. The second kappa shape index (κ2) is 6.83. The second-order valence-corrected chi connectivity index (χ2v) is 6.52. The normalized spacial score (nSPS) is 24.3. The molecular weight excluding hydrogens is 306 g/mol. The zero-order valence-corrected chi connectivity index (χ0v) is 13.9. The third-order valence-electron chi connectivity index (χ3n) is 5.06. The van der Waals surface area contributed by atoms with E-state index in [2.05, 4.69) is 9.97 Å². The van der Waals surface area contributed by atoms with E-state index >= 15 is 0 Å². The fourth-order valence-corrected chi connectivity index (χ4v) is 3.59. The van der Waals surface area contributed by atoms with Gasteiger partial charge in [-0.05, 0) is 25.0 Å². The molecule has 0 saturated carbocycles. The third-order valence-corrected chi connectivity index (χ3v) is 5.06. The summed E-state index contributed by atoms with van der Waals surface area (Å²) in [5.74, 6) is -0.150. The number of likely N-dealkylation sites (tertiary alicyclic amines) is 1. The van der Waals surface area contributed by atoms with Gasteiger partial charge in [0, 0.05) is 30.9 Å². The lowest BCUT2D eigenvalue weighted by Crippen LogP contribution is -2.54. The molecule has 0 spiro atoms. The SMILES string of the molecule is CCC[C@]1(CO)CCN(C(=O)c2cccc3nccnc23)C[C@@H]1O. The lowest BCUT2D eigenvalue weighted by Gasteiger charge is -2.44. The molecule has 2 N–H and O–H groups in total. The molecule has 3 rings (SSSR count). The molecule has 6 nitrogen and oxygen atoms in total. The lowest BCUT2D eigenvalue weighted by atomic mass is 9.73. The van der Waals surface area contributed by atoms with E-state index in [9.17, 15) is 15.0 Å². The molecule has 6 heteroatoms. The molecule has 1 aliphatic rings. The van der Waals surface area contributed by atoms with Crippen LogP contribution in [0, 0.1) is 5.41 Å². The number of benzene rings is 1. The first-order chi connectivity index (χ1) is 11.6. The van der Waals surface area contributed by atoms with Crippen molar-refractivity contribution in [2.45, 2.75) is 32.3 Å². The summed E-state index contributed by atoms with van der Waals surface area (Å²) in [6, 6.07) is 5.35. The highest BCUT2D eigenvalue weighted by Gasteiger charge is 2.42. The molecule has 128 valence electrons. The molecule has 0 bridgehead atoms. The van der Waals surface area contributed by atoms with E-state index in [0.717, 1.165) is 12.8 Å². The predicted octanol–water partition coefficient (Wildman–Crippen LogP) is 1.62. The van der Waals surface area contributed by atoms with Crippen molar-refractivity contribution in [1.82, 2.24) is 14.9 Å². The molecule has 1 saturated heterocycles. The molecule has 1 aromatic heterocycles. The van der Waals surface area contributed by atoms with Crippen molar-refractivity contribution >= 4 is 16.9 Å². The van der Waals surface area contributed by atoms with E-state index < -0.39 is 11.5 Å². The first-order valence-corrected chi connectivity index (χ1v) is 8.39. The number of β-amino-alcohol motifs (C(OH)–C–C–N with tert-alkyl or cyclic N) is 1. The number of aliphatic hydroxyl groups is 2. The molecule has 1 fully saturated rings. The van der Waals surface area contributed by atoms with Crippen LogP contribution in [0.25, 0.3) is 11.0 Å². The van der Waals surface area contributed by atoms with E-state index in [1.54, 1.807) is 29.4 Å². The van der Waals surface area contributed by atoms with Gasteiger partial charge in [-0.2, -0.15) is 0 Å². The average Bonchev–Trinajstić information content (AvgIpc) is 2.62. The monoisotopic (exact) mass is 329 g/mol. The third kappa shape index (κ3) is 2.87. The molecule has 0 radical (unpaired) electrons. The predicted molar refractivity (Wildman–Crippen MR) is 90.5 cm³/mol. The molecule has 24 heavy (non-hydrogen) atoms. The van der Waals surface area contributed by atoms with Gasteiger partial charge in [0.05, 0.1) is 23.8 Å². The average molecular weight is 329 g/mol. The zero-order valence-electron chi connectivity index (χ0n) is 13.9. The van der Waals surface area contributed by atoms with Gasteiger partial charge in [0.25, 0.3) is 5.91 Å². The summed E-state index contributed by atoms with van der Waals surface area (Å²) in [6.07, 6.45) is 4.70. The molecule has 0 unspecified atom stereocenters. The molecule has 0 aliphatic carbocycles. The highest BCUT2D eigenvalue weighted by atomic mass is 16.3. The van der Waals surface area contributed by atoms with Crippen LogP contribution in [-0.2, 0) is 0 Å². The van der Waals surface area contributed by atoms with Crippen LogP contribution in [-0.4, -0.2) is 56.8 Å². The van der Waals surface area contributed by atoms with Crippen LogP contribution in [0.15, 0.2) is 30.6 Å². The maximum atomic E-state index is 12.9. The first kappa shape index (κ1) is 16.8. The summed E-state index contributed by atoms with van der Waals surface area (Å²) >= 11 is 0.